The highest BCUT2D eigenvalue weighted by molar-refractivity contribution is 5.76. The van der Waals surface area contributed by atoms with Crippen LogP contribution in [0, 0.1) is 13.8 Å². The van der Waals surface area contributed by atoms with Crippen LogP contribution in [0.4, 0.5) is 0 Å². The Morgan fingerprint density at radius 3 is 2.59 bits per heavy atom. The first-order valence-corrected chi connectivity index (χ1v) is 5.96. The molecule has 0 aliphatic rings. The van der Waals surface area contributed by atoms with Crippen LogP contribution in [0.3, 0.4) is 0 Å². The molecule has 3 heteroatoms. The largest absolute Gasteiger partial charge is 0.341 e. The van der Waals surface area contributed by atoms with Crippen molar-refractivity contribution in [2.24, 2.45) is 5.73 Å². The molecule has 1 aromatic rings. The van der Waals surface area contributed by atoms with Crippen LogP contribution in [0.5, 0.6) is 0 Å². The molecule has 0 radical (unpaired) electrons. The van der Waals surface area contributed by atoms with Gasteiger partial charge < -0.3 is 10.6 Å². The summed E-state index contributed by atoms with van der Waals surface area (Å²) in [6.07, 6.45) is 0.404. The van der Waals surface area contributed by atoms with Crippen LogP contribution in [0.2, 0.25) is 0 Å². The Kier molecular flexibility index (Phi) is 4.70. The Labute approximate surface area is 104 Å². The first-order chi connectivity index (χ1) is 7.90. The first kappa shape index (κ1) is 13.7. The third-order valence-corrected chi connectivity index (χ3v) is 2.83. The lowest BCUT2D eigenvalue weighted by atomic mass is 10.1. The van der Waals surface area contributed by atoms with E-state index in [1.807, 2.05) is 14.0 Å². The van der Waals surface area contributed by atoms with Crippen molar-refractivity contribution in [3.63, 3.8) is 0 Å². The molecule has 1 amide bonds. The van der Waals surface area contributed by atoms with Gasteiger partial charge >= 0.3 is 0 Å². The highest BCUT2D eigenvalue weighted by atomic mass is 16.2. The van der Waals surface area contributed by atoms with Crippen molar-refractivity contribution >= 4 is 5.91 Å². The molecule has 0 fully saturated rings. The Balaban J connectivity index is 2.67. The summed E-state index contributed by atoms with van der Waals surface area (Å²) in [5.41, 5.74) is 9.29. The van der Waals surface area contributed by atoms with Crippen molar-refractivity contribution in [1.82, 2.24) is 4.90 Å². The maximum Gasteiger partial charge on any atom is 0.224 e. The minimum Gasteiger partial charge on any atom is -0.341 e. The minimum absolute atomic E-state index is 0.0796. The predicted octanol–water partition coefficient (Wildman–Crippen LogP) is 2.00. The van der Waals surface area contributed by atoms with E-state index in [1.165, 1.54) is 16.7 Å². The molecule has 0 aromatic heterocycles. The van der Waals surface area contributed by atoms with E-state index >= 15 is 0 Å². The van der Waals surface area contributed by atoms with E-state index < -0.39 is 0 Å². The topological polar surface area (TPSA) is 46.3 Å². The van der Waals surface area contributed by atoms with Gasteiger partial charge in [-0.05, 0) is 31.9 Å². The molecule has 94 valence electrons. The summed E-state index contributed by atoms with van der Waals surface area (Å²) in [6, 6.07) is 6.22. The molecule has 0 spiro atoms. The van der Waals surface area contributed by atoms with E-state index in [2.05, 4.69) is 32.0 Å². The van der Waals surface area contributed by atoms with Crippen molar-refractivity contribution in [3.05, 3.63) is 34.9 Å². The van der Waals surface area contributed by atoms with Crippen molar-refractivity contribution < 1.29 is 4.79 Å². The number of hydrogen-bond acceptors (Lipinski definition) is 2. The Bertz CT molecular complexity index is 399. The van der Waals surface area contributed by atoms with Crippen molar-refractivity contribution in [1.29, 1.82) is 0 Å². The maximum atomic E-state index is 11.8. The Morgan fingerprint density at radius 1 is 1.41 bits per heavy atom. The van der Waals surface area contributed by atoms with Gasteiger partial charge in [-0.25, -0.2) is 0 Å². The summed E-state index contributed by atoms with van der Waals surface area (Å²) < 4.78 is 0. The zero-order valence-electron chi connectivity index (χ0n) is 11.2. The van der Waals surface area contributed by atoms with Gasteiger partial charge in [-0.3, -0.25) is 4.79 Å². The molecule has 2 N–H and O–H groups in total. The number of carbonyl (C=O) groups is 1. The Morgan fingerprint density at radius 2 is 2.06 bits per heavy atom. The first-order valence-electron chi connectivity index (χ1n) is 5.96. The van der Waals surface area contributed by atoms with Crippen LogP contribution in [0.25, 0.3) is 0 Å². The minimum atomic E-state index is -0.0796. The monoisotopic (exact) mass is 234 g/mol. The van der Waals surface area contributed by atoms with Crippen LogP contribution >= 0.6 is 0 Å². The molecule has 1 rings (SSSR count). The van der Waals surface area contributed by atoms with E-state index in [0.29, 0.717) is 13.0 Å². The smallest absolute Gasteiger partial charge is 0.224 e. The average molecular weight is 234 g/mol. The average Bonchev–Trinajstić information content (AvgIpc) is 2.21. The second-order valence-corrected chi connectivity index (χ2v) is 4.86. The number of aryl methyl sites for hydroxylation is 2. The quantitative estimate of drug-likeness (QED) is 0.866. The number of nitrogens with two attached hydrogens (primary N) is 1. The van der Waals surface area contributed by atoms with Crippen LogP contribution in [0.1, 0.15) is 30.0 Å². The summed E-state index contributed by atoms with van der Waals surface area (Å²) in [4.78, 5) is 13.5. The number of benzene rings is 1. The molecule has 1 aromatic carbocycles. The number of carbonyl (C=O) groups excluding carboxylic acids is 1. The van der Waals surface area contributed by atoms with Crippen LogP contribution in [0.15, 0.2) is 18.2 Å². The zero-order chi connectivity index (χ0) is 13.0. The number of hydrogen-bond donors (Lipinski definition) is 1. The van der Waals surface area contributed by atoms with Gasteiger partial charge in [0.15, 0.2) is 0 Å². The summed E-state index contributed by atoms with van der Waals surface area (Å²) in [5.74, 6) is 0.0972. The zero-order valence-corrected chi connectivity index (χ0v) is 11.2. The summed E-state index contributed by atoms with van der Waals surface area (Å²) in [6.45, 7) is 6.65. The van der Waals surface area contributed by atoms with Gasteiger partial charge in [-0.2, -0.15) is 0 Å². The molecule has 0 saturated heterocycles. The molecular weight excluding hydrogens is 212 g/mol. The normalized spacial score (nSPS) is 12.3. The SMILES string of the molecule is Cc1ccc(CN(C)C(=O)CC(C)N)c(C)c1. The summed E-state index contributed by atoms with van der Waals surface area (Å²) >= 11 is 0. The van der Waals surface area contributed by atoms with Gasteiger partial charge in [0.2, 0.25) is 5.91 Å². The van der Waals surface area contributed by atoms with E-state index in [4.69, 9.17) is 5.73 Å². The number of amides is 1. The van der Waals surface area contributed by atoms with Gasteiger partial charge in [0.05, 0.1) is 0 Å². The molecular formula is C14H22N2O. The van der Waals surface area contributed by atoms with Crippen LogP contribution in [-0.4, -0.2) is 23.9 Å². The molecule has 17 heavy (non-hydrogen) atoms. The molecule has 0 heterocycles. The maximum absolute atomic E-state index is 11.8. The fraction of sp³-hybridized carbons (Fsp3) is 0.500. The highest BCUT2D eigenvalue weighted by Gasteiger charge is 2.12. The van der Waals surface area contributed by atoms with Crippen LogP contribution < -0.4 is 5.73 Å². The van der Waals surface area contributed by atoms with Gasteiger partial charge in [0, 0.05) is 26.1 Å². The predicted molar refractivity (Wildman–Crippen MR) is 70.7 cm³/mol. The second-order valence-electron chi connectivity index (χ2n) is 4.86. The fourth-order valence-electron chi connectivity index (χ4n) is 1.80. The van der Waals surface area contributed by atoms with Gasteiger partial charge in [0.1, 0.15) is 0 Å². The van der Waals surface area contributed by atoms with Gasteiger partial charge in [0.25, 0.3) is 0 Å². The van der Waals surface area contributed by atoms with Crippen molar-refractivity contribution in [3.8, 4) is 0 Å². The summed E-state index contributed by atoms with van der Waals surface area (Å²) in [7, 11) is 1.82. The third-order valence-electron chi connectivity index (χ3n) is 2.83. The summed E-state index contributed by atoms with van der Waals surface area (Å²) in [5, 5.41) is 0. The molecule has 0 aliphatic carbocycles. The molecule has 3 nitrogen and oxygen atoms in total. The lowest BCUT2D eigenvalue weighted by molar-refractivity contribution is -0.130. The highest BCUT2D eigenvalue weighted by Crippen LogP contribution is 2.13. The lowest BCUT2D eigenvalue weighted by Gasteiger charge is -2.19. The molecule has 0 bridgehead atoms. The number of rotatable bonds is 4. The van der Waals surface area contributed by atoms with Crippen molar-refractivity contribution in [2.75, 3.05) is 7.05 Å². The molecule has 0 saturated carbocycles. The van der Waals surface area contributed by atoms with Gasteiger partial charge in [-0.15, -0.1) is 0 Å². The molecule has 0 aliphatic heterocycles. The second kappa shape index (κ2) is 5.82. The molecule has 1 unspecified atom stereocenters. The Hall–Kier alpha value is -1.35. The van der Waals surface area contributed by atoms with E-state index in [0.717, 1.165) is 0 Å². The third kappa shape index (κ3) is 4.19. The lowest BCUT2D eigenvalue weighted by Crippen LogP contribution is -2.31. The number of nitrogens with zero attached hydrogens (tertiary/aromatic N) is 1. The fourth-order valence-corrected chi connectivity index (χ4v) is 1.80. The van der Waals surface area contributed by atoms with E-state index in [1.54, 1.807) is 4.90 Å². The van der Waals surface area contributed by atoms with Gasteiger partial charge in [-0.1, -0.05) is 23.8 Å². The molecule has 1 atom stereocenters. The van der Waals surface area contributed by atoms with Crippen molar-refractivity contribution in [2.45, 2.75) is 39.8 Å². The standard InChI is InChI=1S/C14H22N2O/c1-10-5-6-13(11(2)7-10)9-16(4)14(17)8-12(3)15/h5-7,12H,8-9,15H2,1-4H3. The van der Waals surface area contributed by atoms with Crippen LogP contribution in [-0.2, 0) is 11.3 Å². The van der Waals surface area contributed by atoms with E-state index in [9.17, 15) is 4.79 Å². The van der Waals surface area contributed by atoms with E-state index in [-0.39, 0.29) is 11.9 Å².